The van der Waals surface area contributed by atoms with Crippen LogP contribution in [0.1, 0.15) is 25.3 Å². The minimum absolute atomic E-state index is 0.375. The Morgan fingerprint density at radius 3 is 2.69 bits per heavy atom. The molecule has 1 aromatic rings. The van der Waals surface area contributed by atoms with Crippen molar-refractivity contribution in [1.82, 2.24) is 0 Å². The highest BCUT2D eigenvalue weighted by Gasteiger charge is 2.37. The molecule has 0 bridgehead atoms. The lowest BCUT2D eigenvalue weighted by Gasteiger charge is -2.29. The Morgan fingerprint density at radius 2 is 2.12 bits per heavy atom. The molecule has 1 aliphatic heterocycles. The second kappa shape index (κ2) is 4.74. The summed E-state index contributed by atoms with van der Waals surface area (Å²) < 4.78 is 5.62. The Labute approximate surface area is 101 Å². The van der Waals surface area contributed by atoms with Crippen molar-refractivity contribution in [1.29, 1.82) is 0 Å². The third-order valence-electron chi connectivity index (χ3n) is 3.30. The fraction of sp³-hybridized carbons (Fsp3) is 0.538. The lowest BCUT2D eigenvalue weighted by atomic mass is 9.91. The molecule has 1 N–H and O–H groups in total. The normalized spacial score (nSPS) is 26.9. The van der Waals surface area contributed by atoms with Gasteiger partial charge in [0.1, 0.15) is 0 Å². The molecule has 0 radical (unpaired) electrons. The van der Waals surface area contributed by atoms with Crippen LogP contribution in [0.4, 0.5) is 0 Å². The fourth-order valence-electron chi connectivity index (χ4n) is 2.12. The van der Waals surface area contributed by atoms with Gasteiger partial charge in [0.05, 0.1) is 11.7 Å². The smallest absolute Gasteiger partial charge is 0.0916 e. The number of aliphatic hydroxyl groups is 1. The first-order valence-electron chi connectivity index (χ1n) is 5.67. The number of halogens is 1. The SMILES string of the molecule is CC1(C(O)Cc2ccc(Cl)cc2)CCCO1. The van der Waals surface area contributed by atoms with Crippen LogP contribution < -0.4 is 0 Å². The molecule has 1 saturated heterocycles. The maximum atomic E-state index is 10.2. The number of rotatable bonds is 3. The number of aliphatic hydroxyl groups excluding tert-OH is 1. The predicted molar refractivity (Wildman–Crippen MR) is 64.8 cm³/mol. The first-order valence-corrected chi connectivity index (χ1v) is 6.04. The van der Waals surface area contributed by atoms with E-state index in [-0.39, 0.29) is 5.60 Å². The number of hydrogen-bond acceptors (Lipinski definition) is 2. The maximum absolute atomic E-state index is 10.2. The van der Waals surface area contributed by atoms with E-state index in [1.807, 2.05) is 31.2 Å². The first kappa shape index (κ1) is 11.9. The maximum Gasteiger partial charge on any atom is 0.0916 e. The molecule has 1 aromatic carbocycles. The van der Waals surface area contributed by atoms with E-state index in [0.717, 1.165) is 30.0 Å². The zero-order chi connectivity index (χ0) is 11.6. The van der Waals surface area contributed by atoms with Gasteiger partial charge < -0.3 is 9.84 Å². The van der Waals surface area contributed by atoms with Crippen molar-refractivity contribution >= 4 is 11.6 Å². The van der Waals surface area contributed by atoms with Crippen LogP contribution in [0.3, 0.4) is 0 Å². The van der Waals surface area contributed by atoms with Crippen molar-refractivity contribution in [2.24, 2.45) is 0 Å². The summed E-state index contributed by atoms with van der Waals surface area (Å²) in [6.07, 6.45) is 2.14. The van der Waals surface area contributed by atoms with Crippen LogP contribution in [-0.2, 0) is 11.2 Å². The van der Waals surface area contributed by atoms with Crippen LogP contribution in [0.15, 0.2) is 24.3 Å². The van der Waals surface area contributed by atoms with Gasteiger partial charge in [0.15, 0.2) is 0 Å². The minimum Gasteiger partial charge on any atom is -0.390 e. The molecule has 0 aromatic heterocycles. The van der Waals surface area contributed by atoms with Crippen LogP contribution in [0.25, 0.3) is 0 Å². The molecule has 1 aliphatic rings. The molecule has 1 fully saturated rings. The summed E-state index contributed by atoms with van der Waals surface area (Å²) in [5.74, 6) is 0. The van der Waals surface area contributed by atoms with Gasteiger partial charge in [-0.1, -0.05) is 23.7 Å². The molecule has 0 aliphatic carbocycles. The van der Waals surface area contributed by atoms with E-state index < -0.39 is 6.10 Å². The average molecular weight is 241 g/mol. The fourth-order valence-corrected chi connectivity index (χ4v) is 2.25. The van der Waals surface area contributed by atoms with Crippen LogP contribution in [-0.4, -0.2) is 23.4 Å². The molecule has 0 saturated carbocycles. The van der Waals surface area contributed by atoms with Gasteiger partial charge in [0.25, 0.3) is 0 Å². The van der Waals surface area contributed by atoms with Crippen molar-refractivity contribution in [3.8, 4) is 0 Å². The van der Waals surface area contributed by atoms with Crippen molar-refractivity contribution in [2.45, 2.75) is 37.9 Å². The molecule has 0 spiro atoms. The molecular formula is C13H17ClO2. The molecular weight excluding hydrogens is 224 g/mol. The van der Waals surface area contributed by atoms with E-state index in [0.29, 0.717) is 6.42 Å². The summed E-state index contributed by atoms with van der Waals surface area (Å²) in [6, 6.07) is 7.59. The Morgan fingerprint density at radius 1 is 1.44 bits per heavy atom. The summed E-state index contributed by atoms with van der Waals surface area (Å²) in [5.41, 5.74) is 0.716. The Balaban J connectivity index is 2.01. The quantitative estimate of drug-likeness (QED) is 0.881. The lowest BCUT2D eigenvalue weighted by Crippen LogP contribution is -2.39. The van der Waals surface area contributed by atoms with E-state index >= 15 is 0 Å². The lowest BCUT2D eigenvalue weighted by molar-refractivity contribution is -0.0768. The first-order chi connectivity index (χ1) is 7.60. The van der Waals surface area contributed by atoms with E-state index in [2.05, 4.69) is 0 Å². The molecule has 2 rings (SSSR count). The van der Waals surface area contributed by atoms with Gasteiger partial charge in [-0.05, 0) is 37.5 Å². The second-order valence-corrected chi connectivity index (χ2v) is 5.05. The van der Waals surface area contributed by atoms with Crippen LogP contribution >= 0.6 is 11.6 Å². The minimum atomic E-state index is -0.448. The van der Waals surface area contributed by atoms with Crippen molar-refractivity contribution in [3.63, 3.8) is 0 Å². The summed E-state index contributed by atoms with van der Waals surface area (Å²) in [6.45, 7) is 2.74. The van der Waals surface area contributed by atoms with Gasteiger partial charge >= 0.3 is 0 Å². The van der Waals surface area contributed by atoms with Crippen molar-refractivity contribution in [2.75, 3.05) is 6.61 Å². The zero-order valence-corrected chi connectivity index (χ0v) is 10.2. The molecule has 0 amide bonds. The summed E-state index contributed by atoms with van der Waals surface area (Å²) >= 11 is 5.82. The third kappa shape index (κ3) is 2.57. The number of ether oxygens (including phenoxy) is 1. The third-order valence-corrected chi connectivity index (χ3v) is 3.55. The van der Waals surface area contributed by atoms with Crippen LogP contribution in [0, 0.1) is 0 Å². The molecule has 16 heavy (non-hydrogen) atoms. The van der Waals surface area contributed by atoms with E-state index in [1.54, 1.807) is 0 Å². The van der Waals surface area contributed by atoms with E-state index in [1.165, 1.54) is 0 Å². The van der Waals surface area contributed by atoms with Crippen molar-refractivity contribution in [3.05, 3.63) is 34.9 Å². The van der Waals surface area contributed by atoms with Gasteiger partial charge in [-0.15, -0.1) is 0 Å². The van der Waals surface area contributed by atoms with Crippen LogP contribution in [0.5, 0.6) is 0 Å². The Hall–Kier alpha value is -0.570. The number of benzene rings is 1. The molecule has 2 nitrogen and oxygen atoms in total. The molecule has 2 atom stereocenters. The standard InChI is InChI=1S/C13H17ClO2/c1-13(7-2-8-16-13)12(15)9-10-3-5-11(14)6-4-10/h3-6,12,15H,2,7-9H2,1H3. The van der Waals surface area contributed by atoms with E-state index in [9.17, 15) is 5.11 Å². The average Bonchev–Trinajstić information content (AvgIpc) is 2.70. The van der Waals surface area contributed by atoms with E-state index in [4.69, 9.17) is 16.3 Å². The van der Waals surface area contributed by atoms with Gasteiger partial charge in [-0.3, -0.25) is 0 Å². The Bertz CT molecular complexity index is 341. The highest BCUT2D eigenvalue weighted by Crippen LogP contribution is 2.30. The summed E-state index contributed by atoms with van der Waals surface area (Å²) in [4.78, 5) is 0. The molecule has 1 heterocycles. The monoisotopic (exact) mass is 240 g/mol. The van der Waals surface area contributed by atoms with Crippen molar-refractivity contribution < 1.29 is 9.84 Å². The highest BCUT2D eigenvalue weighted by molar-refractivity contribution is 6.30. The van der Waals surface area contributed by atoms with Gasteiger partial charge in [0, 0.05) is 18.1 Å². The molecule has 3 heteroatoms. The predicted octanol–water partition coefficient (Wildman–Crippen LogP) is 2.81. The summed E-state index contributed by atoms with van der Waals surface area (Å²) in [7, 11) is 0. The summed E-state index contributed by atoms with van der Waals surface area (Å²) in [5, 5.41) is 10.9. The molecule has 2 unspecified atom stereocenters. The second-order valence-electron chi connectivity index (χ2n) is 4.61. The molecule has 88 valence electrons. The van der Waals surface area contributed by atoms with Crippen LogP contribution in [0.2, 0.25) is 5.02 Å². The van der Waals surface area contributed by atoms with Gasteiger partial charge in [0.2, 0.25) is 0 Å². The van der Waals surface area contributed by atoms with Gasteiger partial charge in [-0.25, -0.2) is 0 Å². The highest BCUT2D eigenvalue weighted by atomic mass is 35.5. The largest absolute Gasteiger partial charge is 0.390 e. The topological polar surface area (TPSA) is 29.5 Å². The number of hydrogen-bond donors (Lipinski definition) is 1. The zero-order valence-electron chi connectivity index (χ0n) is 9.45. The Kier molecular flexibility index (Phi) is 3.53. The van der Waals surface area contributed by atoms with Gasteiger partial charge in [-0.2, -0.15) is 0 Å².